The summed E-state index contributed by atoms with van der Waals surface area (Å²) in [6.07, 6.45) is 2.27. The number of rotatable bonds is 3. The molecular weight excluding hydrogens is 156 g/mol. The third-order valence-electron chi connectivity index (χ3n) is 1.51. The summed E-state index contributed by atoms with van der Waals surface area (Å²) in [5.74, 6) is 1.41. The van der Waals surface area contributed by atoms with E-state index in [4.69, 9.17) is 5.73 Å². The van der Waals surface area contributed by atoms with Gasteiger partial charge in [-0.3, -0.25) is 0 Å². The normalized spacial score (nSPS) is 10.8. The van der Waals surface area contributed by atoms with Gasteiger partial charge in [-0.15, -0.1) is 11.3 Å². The molecule has 2 nitrogen and oxygen atoms in total. The van der Waals surface area contributed by atoms with Crippen molar-refractivity contribution in [1.82, 2.24) is 4.98 Å². The summed E-state index contributed by atoms with van der Waals surface area (Å²) in [4.78, 5) is 4.18. The number of hydrogen-bond acceptors (Lipinski definition) is 3. The van der Waals surface area contributed by atoms with Crippen LogP contribution in [0.5, 0.6) is 0 Å². The highest BCUT2D eigenvalue weighted by Crippen LogP contribution is 2.14. The minimum absolute atomic E-state index is 0.661. The number of aromatic nitrogens is 1. The Kier molecular flexibility index (Phi) is 2.88. The summed E-state index contributed by atoms with van der Waals surface area (Å²) in [6.45, 7) is 4.44. The van der Waals surface area contributed by atoms with E-state index in [9.17, 15) is 0 Å². The Labute approximate surface area is 71.5 Å². The number of hydrogen-bond donors (Lipinski definition) is 1. The molecule has 2 N–H and O–H groups in total. The Hall–Kier alpha value is -0.570. The molecular formula is C8H14N2S. The third-order valence-corrected chi connectivity index (χ3v) is 2.43. The Morgan fingerprint density at radius 1 is 1.64 bits per heavy atom. The van der Waals surface area contributed by atoms with Crippen molar-refractivity contribution < 1.29 is 0 Å². The van der Waals surface area contributed by atoms with E-state index in [1.807, 2.05) is 5.38 Å². The Balaban J connectivity index is 2.39. The van der Waals surface area contributed by atoms with Crippen LogP contribution in [0.25, 0.3) is 0 Å². The molecule has 1 rings (SSSR count). The van der Waals surface area contributed by atoms with Gasteiger partial charge in [-0.05, 0) is 18.8 Å². The molecule has 0 amide bonds. The summed E-state index contributed by atoms with van der Waals surface area (Å²) in [5.41, 5.74) is 5.48. The smallest absolute Gasteiger partial charge is 0.134 e. The van der Waals surface area contributed by atoms with E-state index in [1.165, 1.54) is 6.42 Å². The van der Waals surface area contributed by atoms with Crippen LogP contribution in [0.3, 0.4) is 0 Å². The van der Waals surface area contributed by atoms with Crippen LogP contribution < -0.4 is 5.73 Å². The fraction of sp³-hybridized carbons (Fsp3) is 0.625. The second kappa shape index (κ2) is 3.72. The van der Waals surface area contributed by atoms with Crippen molar-refractivity contribution in [2.75, 3.05) is 5.73 Å². The summed E-state index contributed by atoms with van der Waals surface area (Å²) < 4.78 is 0. The minimum Gasteiger partial charge on any atom is -0.383 e. The molecule has 0 fully saturated rings. The second-order valence-electron chi connectivity index (χ2n) is 3.10. The molecule has 0 saturated heterocycles. The number of nitrogens with two attached hydrogens (primary N) is 1. The summed E-state index contributed by atoms with van der Waals surface area (Å²) in [7, 11) is 0. The van der Waals surface area contributed by atoms with Gasteiger partial charge in [0.1, 0.15) is 5.82 Å². The molecule has 0 unspecified atom stereocenters. The molecule has 3 heteroatoms. The quantitative estimate of drug-likeness (QED) is 0.756. The molecule has 0 aliphatic rings. The zero-order valence-corrected chi connectivity index (χ0v) is 7.82. The lowest BCUT2D eigenvalue weighted by molar-refractivity contribution is 0.586. The van der Waals surface area contributed by atoms with Crippen LogP contribution in [0.4, 0.5) is 5.82 Å². The summed E-state index contributed by atoms with van der Waals surface area (Å²) in [6, 6.07) is 0. The summed E-state index contributed by atoms with van der Waals surface area (Å²) in [5, 5.41) is 3.06. The fourth-order valence-electron chi connectivity index (χ4n) is 0.852. The Morgan fingerprint density at radius 2 is 2.36 bits per heavy atom. The lowest BCUT2D eigenvalue weighted by atomic mass is 10.1. The highest BCUT2D eigenvalue weighted by Gasteiger charge is 2.00. The SMILES string of the molecule is CC(C)CCc1nc(N)cs1. The molecule has 0 atom stereocenters. The van der Waals surface area contributed by atoms with E-state index in [-0.39, 0.29) is 0 Å². The van der Waals surface area contributed by atoms with Gasteiger partial charge < -0.3 is 5.73 Å². The zero-order chi connectivity index (χ0) is 8.27. The van der Waals surface area contributed by atoms with E-state index >= 15 is 0 Å². The number of thiazole rings is 1. The molecule has 0 aliphatic heterocycles. The predicted octanol–water partition coefficient (Wildman–Crippen LogP) is 2.31. The van der Waals surface area contributed by atoms with Gasteiger partial charge in [0.25, 0.3) is 0 Å². The summed E-state index contributed by atoms with van der Waals surface area (Å²) >= 11 is 1.66. The van der Waals surface area contributed by atoms with E-state index in [2.05, 4.69) is 18.8 Å². The van der Waals surface area contributed by atoms with E-state index in [0.717, 1.165) is 17.3 Å². The Bertz CT molecular complexity index is 218. The number of nitrogens with zero attached hydrogens (tertiary/aromatic N) is 1. The van der Waals surface area contributed by atoms with Crippen molar-refractivity contribution in [2.45, 2.75) is 26.7 Å². The third kappa shape index (κ3) is 2.89. The van der Waals surface area contributed by atoms with Crippen LogP contribution in [-0.2, 0) is 6.42 Å². The van der Waals surface area contributed by atoms with Gasteiger partial charge in [-0.25, -0.2) is 4.98 Å². The molecule has 1 heterocycles. The van der Waals surface area contributed by atoms with Gasteiger partial charge in [-0.2, -0.15) is 0 Å². The number of nitrogen functional groups attached to an aromatic ring is 1. The minimum atomic E-state index is 0.661. The van der Waals surface area contributed by atoms with Crippen molar-refractivity contribution >= 4 is 17.2 Å². The van der Waals surface area contributed by atoms with Gasteiger partial charge >= 0.3 is 0 Å². The molecule has 11 heavy (non-hydrogen) atoms. The highest BCUT2D eigenvalue weighted by molar-refractivity contribution is 7.10. The number of aryl methyl sites for hydroxylation is 1. The topological polar surface area (TPSA) is 38.9 Å². The van der Waals surface area contributed by atoms with Crippen LogP contribution in [0, 0.1) is 5.92 Å². The van der Waals surface area contributed by atoms with Crippen molar-refractivity contribution in [3.63, 3.8) is 0 Å². The highest BCUT2D eigenvalue weighted by atomic mass is 32.1. The molecule has 62 valence electrons. The molecule has 0 aliphatic carbocycles. The molecule has 0 bridgehead atoms. The molecule has 1 aromatic heterocycles. The van der Waals surface area contributed by atoms with Gasteiger partial charge in [0.05, 0.1) is 5.01 Å². The molecule has 0 saturated carbocycles. The van der Waals surface area contributed by atoms with Crippen LogP contribution in [-0.4, -0.2) is 4.98 Å². The Morgan fingerprint density at radius 3 is 2.82 bits per heavy atom. The van der Waals surface area contributed by atoms with Crippen LogP contribution >= 0.6 is 11.3 Å². The second-order valence-corrected chi connectivity index (χ2v) is 4.04. The standard InChI is InChI=1S/C8H14N2S/c1-6(2)3-4-8-10-7(9)5-11-8/h5-6H,3-4,9H2,1-2H3. The van der Waals surface area contributed by atoms with Gasteiger partial charge in [0.2, 0.25) is 0 Å². The first-order chi connectivity index (χ1) is 5.18. The maximum atomic E-state index is 5.48. The van der Waals surface area contributed by atoms with Crippen molar-refractivity contribution in [1.29, 1.82) is 0 Å². The van der Waals surface area contributed by atoms with Crippen molar-refractivity contribution in [2.24, 2.45) is 5.92 Å². The molecule has 1 aromatic rings. The first kappa shape index (κ1) is 8.53. The van der Waals surface area contributed by atoms with Crippen LogP contribution in [0.15, 0.2) is 5.38 Å². The van der Waals surface area contributed by atoms with Crippen LogP contribution in [0.1, 0.15) is 25.3 Å². The van der Waals surface area contributed by atoms with E-state index in [1.54, 1.807) is 11.3 Å². The molecule has 0 aromatic carbocycles. The van der Waals surface area contributed by atoms with E-state index < -0.39 is 0 Å². The van der Waals surface area contributed by atoms with Crippen molar-refractivity contribution in [3.05, 3.63) is 10.4 Å². The van der Waals surface area contributed by atoms with Gasteiger partial charge in [0.15, 0.2) is 0 Å². The van der Waals surface area contributed by atoms with Crippen molar-refractivity contribution in [3.8, 4) is 0 Å². The zero-order valence-electron chi connectivity index (χ0n) is 7.00. The largest absolute Gasteiger partial charge is 0.383 e. The van der Waals surface area contributed by atoms with Gasteiger partial charge in [-0.1, -0.05) is 13.8 Å². The first-order valence-electron chi connectivity index (χ1n) is 3.88. The van der Waals surface area contributed by atoms with E-state index in [0.29, 0.717) is 5.82 Å². The number of anilines is 1. The average molecular weight is 170 g/mol. The molecule has 0 spiro atoms. The maximum Gasteiger partial charge on any atom is 0.134 e. The van der Waals surface area contributed by atoms with Crippen LogP contribution in [0.2, 0.25) is 0 Å². The fourth-order valence-corrected chi connectivity index (χ4v) is 1.56. The lowest BCUT2D eigenvalue weighted by Crippen LogP contribution is -1.92. The monoisotopic (exact) mass is 170 g/mol. The average Bonchev–Trinajstić information content (AvgIpc) is 2.31. The maximum absolute atomic E-state index is 5.48. The van der Waals surface area contributed by atoms with Gasteiger partial charge in [0, 0.05) is 5.38 Å². The predicted molar refractivity (Wildman–Crippen MR) is 49.7 cm³/mol. The molecule has 0 radical (unpaired) electrons. The lowest BCUT2D eigenvalue weighted by Gasteiger charge is -1.99. The first-order valence-corrected chi connectivity index (χ1v) is 4.76.